The number of fused-ring (bicyclic) bond motifs is 3. The van der Waals surface area contributed by atoms with Gasteiger partial charge in [0.2, 0.25) is 5.91 Å². The van der Waals surface area contributed by atoms with Crippen molar-refractivity contribution in [3.05, 3.63) is 40.6 Å². The van der Waals surface area contributed by atoms with Crippen LogP contribution in [0, 0.1) is 0 Å². The summed E-state index contributed by atoms with van der Waals surface area (Å²) in [6, 6.07) is 7.85. The summed E-state index contributed by atoms with van der Waals surface area (Å²) in [5.74, 6) is 0.478. The van der Waals surface area contributed by atoms with Crippen LogP contribution in [0.25, 0.3) is 16.6 Å². The number of aromatic nitrogens is 4. The van der Waals surface area contributed by atoms with Gasteiger partial charge in [-0.15, -0.1) is 5.10 Å². The Kier molecular flexibility index (Phi) is 3.14. The van der Waals surface area contributed by atoms with Crippen molar-refractivity contribution in [2.45, 2.75) is 38.8 Å². The summed E-state index contributed by atoms with van der Waals surface area (Å²) in [6.07, 6.45) is 2.64. The van der Waals surface area contributed by atoms with Crippen LogP contribution in [-0.4, -0.2) is 31.1 Å². The van der Waals surface area contributed by atoms with Gasteiger partial charge in [0.15, 0.2) is 5.65 Å². The minimum atomic E-state index is -0.318. The average molecular weight is 311 g/mol. The molecule has 1 aliphatic rings. The first-order valence-corrected chi connectivity index (χ1v) is 7.84. The predicted octanol–water partition coefficient (Wildman–Crippen LogP) is 0.885. The summed E-state index contributed by atoms with van der Waals surface area (Å²) < 4.78 is 2.73. The first kappa shape index (κ1) is 13.9. The number of para-hydroxylation sites is 1. The molecule has 7 nitrogen and oxygen atoms in total. The minimum Gasteiger partial charge on any atom is -0.352 e. The third kappa shape index (κ3) is 2.38. The van der Waals surface area contributed by atoms with Crippen LogP contribution in [0.4, 0.5) is 0 Å². The normalized spacial score (nSPS) is 14.5. The van der Waals surface area contributed by atoms with E-state index in [9.17, 15) is 9.59 Å². The topological polar surface area (TPSA) is 81.3 Å². The summed E-state index contributed by atoms with van der Waals surface area (Å²) in [5.41, 5.74) is 1.04. The lowest BCUT2D eigenvalue weighted by Crippen LogP contribution is -2.34. The number of carbonyl (C=O) groups is 1. The SMILES string of the molecule is CCc1nc2ccccc2c2nn(CC(=O)NC3CC3)c(=O)n12. The Bertz CT molecular complexity index is 968. The van der Waals surface area contributed by atoms with Crippen molar-refractivity contribution in [1.82, 2.24) is 24.5 Å². The molecule has 0 spiro atoms. The van der Waals surface area contributed by atoms with Crippen molar-refractivity contribution in [3.8, 4) is 0 Å². The van der Waals surface area contributed by atoms with Crippen LogP contribution < -0.4 is 11.0 Å². The highest BCUT2D eigenvalue weighted by Gasteiger charge is 2.24. The number of nitrogens with zero attached hydrogens (tertiary/aromatic N) is 4. The maximum absolute atomic E-state index is 12.6. The summed E-state index contributed by atoms with van der Waals surface area (Å²) >= 11 is 0. The van der Waals surface area contributed by atoms with E-state index < -0.39 is 0 Å². The van der Waals surface area contributed by atoms with E-state index in [1.165, 1.54) is 9.08 Å². The second-order valence-electron chi connectivity index (χ2n) is 5.84. The molecule has 0 bridgehead atoms. The molecule has 7 heteroatoms. The number of nitrogens with one attached hydrogen (secondary N) is 1. The standard InChI is InChI=1S/C16H17N5O2/c1-2-13-18-12-6-4-3-5-11(12)15-19-20(16(23)21(13)15)9-14(22)17-10-7-8-10/h3-6,10H,2,7-9H2,1H3,(H,17,22). The second-order valence-corrected chi connectivity index (χ2v) is 5.84. The minimum absolute atomic E-state index is 0.0610. The van der Waals surface area contributed by atoms with Crippen LogP contribution in [0.3, 0.4) is 0 Å². The lowest BCUT2D eigenvalue weighted by Gasteiger charge is -2.03. The maximum Gasteiger partial charge on any atom is 0.352 e. The molecule has 0 aliphatic heterocycles. The summed E-state index contributed by atoms with van der Waals surface area (Å²) in [5, 5.41) is 8.07. The number of hydrogen-bond acceptors (Lipinski definition) is 4. The molecule has 0 unspecified atom stereocenters. The van der Waals surface area contributed by atoms with E-state index in [4.69, 9.17) is 0 Å². The van der Waals surface area contributed by atoms with Gasteiger partial charge in [-0.1, -0.05) is 19.1 Å². The van der Waals surface area contributed by atoms with Gasteiger partial charge in [-0.05, 0) is 25.0 Å². The van der Waals surface area contributed by atoms with Gasteiger partial charge in [0, 0.05) is 17.8 Å². The Hall–Kier alpha value is -2.70. The molecule has 1 aromatic carbocycles. The Morgan fingerprint density at radius 3 is 2.87 bits per heavy atom. The van der Waals surface area contributed by atoms with E-state index in [1.54, 1.807) is 0 Å². The van der Waals surface area contributed by atoms with Crippen LogP contribution in [0.5, 0.6) is 0 Å². The molecule has 3 aromatic rings. The lowest BCUT2D eigenvalue weighted by molar-refractivity contribution is -0.122. The van der Waals surface area contributed by atoms with Gasteiger partial charge in [-0.2, -0.15) is 0 Å². The van der Waals surface area contributed by atoms with Crippen LogP contribution in [0.15, 0.2) is 29.1 Å². The lowest BCUT2D eigenvalue weighted by atomic mass is 10.2. The first-order valence-electron chi connectivity index (χ1n) is 7.84. The quantitative estimate of drug-likeness (QED) is 0.776. The van der Waals surface area contributed by atoms with Gasteiger partial charge in [0.05, 0.1) is 5.52 Å². The van der Waals surface area contributed by atoms with E-state index in [2.05, 4.69) is 15.4 Å². The molecule has 1 N–H and O–H groups in total. The molecule has 0 atom stereocenters. The highest BCUT2D eigenvalue weighted by atomic mass is 16.2. The number of amides is 1. The van der Waals surface area contributed by atoms with Gasteiger partial charge in [0.25, 0.3) is 0 Å². The van der Waals surface area contributed by atoms with E-state index >= 15 is 0 Å². The zero-order valence-corrected chi connectivity index (χ0v) is 12.8. The summed E-state index contributed by atoms with van der Waals surface area (Å²) in [4.78, 5) is 29.1. The van der Waals surface area contributed by atoms with Crippen LogP contribution >= 0.6 is 0 Å². The molecule has 23 heavy (non-hydrogen) atoms. The fourth-order valence-electron chi connectivity index (χ4n) is 2.74. The molecule has 0 saturated heterocycles. The molecule has 1 amide bonds. The fourth-order valence-corrected chi connectivity index (χ4v) is 2.74. The van der Waals surface area contributed by atoms with Crippen molar-refractivity contribution in [1.29, 1.82) is 0 Å². The Morgan fingerprint density at radius 1 is 1.35 bits per heavy atom. The monoisotopic (exact) mass is 311 g/mol. The maximum atomic E-state index is 12.6. The molecule has 0 radical (unpaired) electrons. The van der Waals surface area contributed by atoms with Gasteiger partial charge in [-0.25, -0.2) is 18.9 Å². The van der Waals surface area contributed by atoms with E-state index in [1.807, 2.05) is 31.2 Å². The largest absolute Gasteiger partial charge is 0.352 e. The van der Waals surface area contributed by atoms with Gasteiger partial charge >= 0.3 is 5.69 Å². The van der Waals surface area contributed by atoms with Gasteiger partial charge in [-0.3, -0.25) is 4.79 Å². The first-order chi connectivity index (χ1) is 11.2. The molecule has 4 rings (SSSR count). The third-order valence-corrected chi connectivity index (χ3v) is 4.04. The molecule has 2 heterocycles. The highest BCUT2D eigenvalue weighted by Crippen LogP contribution is 2.19. The molecule has 2 aromatic heterocycles. The smallest absolute Gasteiger partial charge is 0.352 e. The third-order valence-electron chi connectivity index (χ3n) is 4.04. The molecular formula is C16H17N5O2. The van der Waals surface area contributed by atoms with Crippen LogP contribution in [0.1, 0.15) is 25.6 Å². The van der Waals surface area contributed by atoms with Crippen molar-refractivity contribution in [2.24, 2.45) is 0 Å². The number of rotatable bonds is 4. The Morgan fingerprint density at radius 2 is 2.13 bits per heavy atom. The van der Waals surface area contributed by atoms with Gasteiger partial charge in [0.1, 0.15) is 12.4 Å². The number of carbonyl (C=O) groups excluding carboxylic acids is 1. The summed E-state index contributed by atoms with van der Waals surface area (Å²) in [7, 11) is 0. The van der Waals surface area contributed by atoms with E-state index in [0.717, 1.165) is 23.7 Å². The Labute approximate surface area is 131 Å². The van der Waals surface area contributed by atoms with Gasteiger partial charge < -0.3 is 5.32 Å². The molecular weight excluding hydrogens is 294 g/mol. The van der Waals surface area contributed by atoms with Crippen molar-refractivity contribution < 1.29 is 4.79 Å². The fraction of sp³-hybridized carbons (Fsp3) is 0.375. The van der Waals surface area contributed by atoms with Crippen molar-refractivity contribution in [3.63, 3.8) is 0 Å². The second kappa shape index (κ2) is 5.19. The summed E-state index contributed by atoms with van der Waals surface area (Å²) in [6.45, 7) is 1.88. The van der Waals surface area contributed by atoms with Crippen LogP contribution in [0.2, 0.25) is 0 Å². The predicted molar refractivity (Wildman–Crippen MR) is 85.3 cm³/mol. The zero-order chi connectivity index (χ0) is 16.0. The van der Waals surface area contributed by atoms with E-state index in [-0.39, 0.29) is 24.2 Å². The molecule has 1 fully saturated rings. The zero-order valence-electron chi connectivity index (χ0n) is 12.8. The van der Waals surface area contributed by atoms with Crippen molar-refractivity contribution in [2.75, 3.05) is 0 Å². The number of hydrogen-bond donors (Lipinski definition) is 1. The number of aryl methyl sites for hydroxylation is 1. The molecule has 118 valence electrons. The Balaban J connectivity index is 1.86. The molecule has 1 aliphatic carbocycles. The highest BCUT2D eigenvalue weighted by molar-refractivity contribution is 5.91. The molecule has 1 saturated carbocycles. The number of benzene rings is 1. The van der Waals surface area contributed by atoms with E-state index in [0.29, 0.717) is 17.9 Å². The van der Waals surface area contributed by atoms with Crippen LogP contribution in [-0.2, 0) is 17.8 Å². The average Bonchev–Trinajstić information content (AvgIpc) is 3.30. The van der Waals surface area contributed by atoms with Crippen molar-refractivity contribution >= 4 is 22.5 Å².